The van der Waals surface area contributed by atoms with E-state index in [9.17, 15) is 4.79 Å². The predicted octanol–water partition coefficient (Wildman–Crippen LogP) is 3.37. The number of hydrogen-bond donors (Lipinski definition) is 1. The maximum atomic E-state index is 10.8. The average Bonchev–Trinajstić information content (AvgIpc) is 2.88. The number of aromatic amines is 1. The lowest BCUT2D eigenvalue weighted by molar-refractivity contribution is -0.109. The molecule has 0 radical (unpaired) electrons. The highest BCUT2D eigenvalue weighted by atomic mass is 32.2. The summed E-state index contributed by atoms with van der Waals surface area (Å²) < 4.78 is 0. The number of thioether (sulfide) groups is 1. The molecule has 18 heavy (non-hydrogen) atoms. The monoisotopic (exact) mass is 258 g/mol. The molecule has 0 fully saturated rings. The van der Waals surface area contributed by atoms with Gasteiger partial charge in [0, 0.05) is 24.4 Å². The summed E-state index contributed by atoms with van der Waals surface area (Å²) in [6.45, 7) is 1.58. The average molecular weight is 258 g/mol. The maximum Gasteiger partial charge on any atom is 0.186 e. The minimum Gasteiger partial charge on any atom is -0.288 e. The number of carbonyl (C=O) groups excluding carboxylic acids is 1. The minimum absolute atomic E-state index is 0.140. The van der Waals surface area contributed by atoms with Crippen molar-refractivity contribution in [1.82, 2.24) is 10.2 Å². The zero-order chi connectivity index (χ0) is 12.8. The largest absolute Gasteiger partial charge is 0.288 e. The van der Waals surface area contributed by atoms with Crippen LogP contribution in [0.15, 0.2) is 42.6 Å². The molecule has 0 bridgehead atoms. The van der Waals surface area contributed by atoms with Crippen molar-refractivity contribution < 1.29 is 4.79 Å². The molecule has 92 valence electrons. The molecule has 0 spiro atoms. The lowest BCUT2D eigenvalue weighted by Gasteiger charge is -2.02. The molecule has 4 heteroatoms. The molecule has 1 N–H and O–H groups in total. The van der Waals surface area contributed by atoms with Crippen LogP contribution in [0.25, 0.3) is 17.3 Å². The first kappa shape index (κ1) is 12.6. The number of aromatic nitrogens is 2. The van der Waals surface area contributed by atoms with Crippen LogP contribution < -0.4 is 0 Å². The summed E-state index contributed by atoms with van der Waals surface area (Å²) >= 11 is 1.31. The van der Waals surface area contributed by atoms with E-state index in [1.807, 2.05) is 42.5 Å². The van der Waals surface area contributed by atoms with E-state index >= 15 is 0 Å². The zero-order valence-electron chi connectivity index (χ0n) is 10.1. The van der Waals surface area contributed by atoms with Gasteiger partial charge in [-0.15, -0.1) is 0 Å². The van der Waals surface area contributed by atoms with Crippen LogP contribution in [-0.4, -0.2) is 21.1 Å². The van der Waals surface area contributed by atoms with E-state index in [4.69, 9.17) is 0 Å². The van der Waals surface area contributed by atoms with Gasteiger partial charge in [0.2, 0.25) is 0 Å². The molecular weight excluding hydrogens is 244 g/mol. The molecule has 3 nitrogen and oxygen atoms in total. The van der Waals surface area contributed by atoms with E-state index in [1.165, 1.54) is 11.8 Å². The highest BCUT2D eigenvalue weighted by Gasteiger charge is 2.02. The normalized spacial score (nSPS) is 10.9. The Morgan fingerprint density at radius 1 is 1.39 bits per heavy atom. The third kappa shape index (κ3) is 3.34. The van der Waals surface area contributed by atoms with Crippen molar-refractivity contribution in [3.63, 3.8) is 0 Å². The topological polar surface area (TPSA) is 45.8 Å². The van der Waals surface area contributed by atoms with Crippen LogP contribution in [0.4, 0.5) is 0 Å². The van der Waals surface area contributed by atoms with Crippen LogP contribution in [0.5, 0.6) is 0 Å². The molecule has 0 aliphatic heterocycles. The Morgan fingerprint density at radius 3 is 2.94 bits per heavy atom. The Balaban J connectivity index is 2.16. The smallest absolute Gasteiger partial charge is 0.186 e. The van der Waals surface area contributed by atoms with Crippen molar-refractivity contribution in [1.29, 1.82) is 0 Å². The molecule has 2 aromatic rings. The molecule has 2 rings (SSSR count). The summed E-state index contributed by atoms with van der Waals surface area (Å²) in [5.74, 6) is 0.701. The Bertz CT molecular complexity index is 547. The highest BCUT2D eigenvalue weighted by Crippen LogP contribution is 2.22. The number of hydrogen-bond acceptors (Lipinski definition) is 3. The minimum atomic E-state index is 0.140. The summed E-state index contributed by atoms with van der Waals surface area (Å²) in [5, 5.41) is 7.06. The Morgan fingerprint density at radius 2 is 2.22 bits per heavy atom. The van der Waals surface area contributed by atoms with Crippen LogP contribution in [0.1, 0.15) is 12.5 Å². The van der Waals surface area contributed by atoms with Crippen molar-refractivity contribution in [2.75, 3.05) is 5.75 Å². The summed E-state index contributed by atoms with van der Waals surface area (Å²) in [5.41, 5.74) is 3.22. The van der Waals surface area contributed by atoms with Gasteiger partial charge in [0.05, 0.1) is 5.69 Å². The lowest BCUT2D eigenvalue weighted by Crippen LogP contribution is -1.85. The number of H-pyrrole nitrogens is 1. The van der Waals surface area contributed by atoms with E-state index in [-0.39, 0.29) is 5.12 Å². The van der Waals surface area contributed by atoms with Gasteiger partial charge in [0.25, 0.3) is 0 Å². The van der Waals surface area contributed by atoms with E-state index in [0.717, 1.165) is 16.8 Å². The third-order valence-corrected chi connectivity index (χ3v) is 3.20. The van der Waals surface area contributed by atoms with Gasteiger partial charge in [-0.2, -0.15) is 5.10 Å². The summed E-state index contributed by atoms with van der Waals surface area (Å²) in [6, 6.07) is 10.0. The van der Waals surface area contributed by atoms with E-state index in [0.29, 0.717) is 5.75 Å². The molecule has 0 unspecified atom stereocenters. The standard InChI is InChI=1S/C14H14N2OS/c1-11(17)18-10-4-6-12-5-2-3-7-13(12)14-8-9-15-16-14/h2-9H,10H2,1H3,(H,15,16). The summed E-state index contributed by atoms with van der Waals surface area (Å²) in [7, 11) is 0. The van der Waals surface area contributed by atoms with Crippen molar-refractivity contribution in [2.24, 2.45) is 0 Å². The quantitative estimate of drug-likeness (QED) is 0.914. The second-order valence-corrected chi connectivity index (χ2v) is 4.96. The first-order valence-corrected chi connectivity index (χ1v) is 6.64. The molecule has 0 saturated carbocycles. The van der Waals surface area contributed by atoms with Crippen LogP contribution in [0, 0.1) is 0 Å². The lowest BCUT2D eigenvalue weighted by atomic mass is 10.0. The fraction of sp³-hybridized carbons (Fsp3) is 0.143. The van der Waals surface area contributed by atoms with Crippen molar-refractivity contribution in [3.8, 4) is 11.3 Å². The number of rotatable bonds is 4. The molecule has 1 aromatic heterocycles. The molecular formula is C14H14N2OS. The van der Waals surface area contributed by atoms with Gasteiger partial charge in [-0.05, 0) is 11.6 Å². The van der Waals surface area contributed by atoms with Gasteiger partial charge >= 0.3 is 0 Å². The van der Waals surface area contributed by atoms with Crippen LogP contribution in [0.3, 0.4) is 0 Å². The van der Waals surface area contributed by atoms with E-state index in [2.05, 4.69) is 10.2 Å². The fourth-order valence-corrected chi connectivity index (χ4v) is 2.06. The van der Waals surface area contributed by atoms with Gasteiger partial charge in [-0.1, -0.05) is 48.2 Å². The predicted molar refractivity (Wildman–Crippen MR) is 76.2 cm³/mol. The molecule has 1 aromatic carbocycles. The first-order chi connectivity index (χ1) is 8.77. The van der Waals surface area contributed by atoms with E-state index < -0.39 is 0 Å². The molecule has 0 amide bonds. The summed E-state index contributed by atoms with van der Waals surface area (Å²) in [6.07, 6.45) is 5.77. The molecule has 0 atom stereocenters. The molecule has 0 saturated heterocycles. The maximum absolute atomic E-state index is 10.8. The van der Waals surface area contributed by atoms with Crippen molar-refractivity contribution >= 4 is 23.0 Å². The first-order valence-electron chi connectivity index (χ1n) is 5.66. The Hall–Kier alpha value is -1.81. The van der Waals surface area contributed by atoms with Gasteiger partial charge in [-0.3, -0.25) is 9.89 Å². The molecule has 1 heterocycles. The fourth-order valence-electron chi connectivity index (χ4n) is 1.63. The van der Waals surface area contributed by atoms with Gasteiger partial charge in [-0.25, -0.2) is 0 Å². The van der Waals surface area contributed by atoms with Gasteiger partial charge in [0.15, 0.2) is 5.12 Å². The van der Waals surface area contributed by atoms with Gasteiger partial charge in [0.1, 0.15) is 0 Å². The third-order valence-electron chi connectivity index (χ3n) is 2.43. The van der Waals surface area contributed by atoms with Crippen molar-refractivity contribution in [3.05, 3.63) is 48.2 Å². The number of nitrogens with zero attached hydrogens (tertiary/aromatic N) is 1. The second kappa shape index (κ2) is 6.21. The van der Waals surface area contributed by atoms with E-state index in [1.54, 1.807) is 13.1 Å². The molecule has 0 aliphatic rings. The zero-order valence-corrected chi connectivity index (χ0v) is 10.9. The number of carbonyl (C=O) groups is 1. The van der Waals surface area contributed by atoms with Gasteiger partial charge < -0.3 is 0 Å². The second-order valence-electron chi connectivity index (χ2n) is 3.76. The number of nitrogens with one attached hydrogen (secondary N) is 1. The van der Waals surface area contributed by atoms with Crippen LogP contribution in [0.2, 0.25) is 0 Å². The van der Waals surface area contributed by atoms with Crippen LogP contribution in [-0.2, 0) is 4.79 Å². The highest BCUT2D eigenvalue weighted by molar-refractivity contribution is 8.13. The SMILES string of the molecule is CC(=O)SCC=Cc1ccccc1-c1ccn[nH]1. The van der Waals surface area contributed by atoms with Crippen LogP contribution >= 0.6 is 11.8 Å². The Kier molecular flexibility index (Phi) is 4.36. The molecule has 0 aliphatic carbocycles. The number of benzene rings is 1. The Labute approximate surface area is 110 Å². The summed E-state index contributed by atoms with van der Waals surface area (Å²) in [4.78, 5) is 10.8. The van der Waals surface area contributed by atoms with Crippen molar-refractivity contribution in [2.45, 2.75) is 6.92 Å².